The molecule has 70 heavy (non-hydrogen) atoms. The van der Waals surface area contributed by atoms with Crippen LogP contribution in [-0.4, -0.2) is 188 Å². The molecule has 3 N–H and O–H groups in total. The molecule has 0 radical (unpaired) electrons. The van der Waals surface area contributed by atoms with Crippen molar-refractivity contribution in [2.75, 3.05) is 6.61 Å². The summed E-state index contributed by atoms with van der Waals surface area (Å²) in [5.41, 5.74) is -3.19. The Bertz CT molecular complexity index is 2270. The molecule has 23 heteroatoms. The number of fused-ring (bicyclic) bond motifs is 10. The summed E-state index contributed by atoms with van der Waals surface area (Å²) in [5, 5.41) is 12.1. The van der Waals surface area contributed by atoms with E-state index in [9.17, 15) is 31.3 Å². The molecule has 0 bridgehead atoms. The van der Waals surface area contributed by atoms with Gasteiger partial charge in [0.25, 0.3) is 0 Å². The summed E-state index contributed by atoms with van der Waals surface area (Å²) in [7, 11) is -9.72. The molecule has 0 saturated carbocycles. The van der Waals surface area contributed by atoms with Crippen molar-refractivity contribution < 1.29 is 96.3 Å². The molecule has 0 unspecified atom stereocenters. The Morgan fingerprint density at radius 1 is 0.657 bits per heavy atom. The molecule has 21 nitrogen and oxygen atoms in total. The zero-order chi connectivity index (χ0) is 49.7. The molecule has 11 heterocycles. The third-order valence-electron chi connectivity index (χ3n) is 18.0. The molecule has 396 valence electrons. The van der Waals surface area contributed by atoms with Gasteiger partial charge in [-0.1, -0.05) is 13.5 Å². The number of Topliss-reactive ketones (excluding diaryl/α,β-unsaturated/α-hetero) is 1. The summed E-state index contributed by atoms with van der Waals surface area (Å²) in [5.74, 6) is -0.0983. The topological polar surface area (TPSA) is 266 Å². The minimum Gasteiger partial charge on any atom is -0.387 e. The van der Waals surface area contributed by atoms with E-state index < -0.39 is 111 Å². The summed E-state index contributed by atoms with van der Waals surface area (Å²) < 4.78 is 149. The quantitative estimate of drug-likeness (QED) is 0.244. The van der Waals surface area contributed by atoms with E-state index in [-0.39, 0.29) is 85.6 Å². The van der Waals surface area contributed by atoms with Gasteiger partial charge in [0.2, 0.25) is 0 Å². The molecule has 0 aromatic heterocycles. The van der Waals surface area contributed by atoms with Crippen LogP contribution in [0, 0.1) is 5.92 Å². The molecule has 11 saturated heterocycles. The lowest BCUT2D eigenvalue weighted by Gasteiger charge is -2.59. The molecule has 0 aliphatic carbocycles. The Morgan fingerprint density at radius 2 is 1.23 bits per heavy atom. The Morgan fingerprint density at radius 3 is 1.90 bits per heavy atom. The second-order valence-corrected chi connectivity index (χ2v) is 25.2. The van der Waals surface area contributed by atoms with Crippen molar-refractivity contribution in [2.45, 2.75) is 263 Å². The van der Waals surface area contributed by atoms with Gasteiger partial charge in [0.1, 0.15) is 30.0 Å². The molecule has 11 fully saturated rings. The largest absolute Gasteiger partial charge is 0.397 e. The van der Waals surface area contributed by atoms with Crippen LogP contribution in [0.15, 0.2) is 12.2 Å². The molecule has 0 spiro atoms. The highest BCUT2D eigenvalue weighted by Gasteiger charge is 2.65. The van der Waals surface area contributed by atoms with E-state index in [1.807, 2.05) is 6.92 Å². The average Bonchev–Trinajstić information content (AvgIpc) is 3.44. The minimum absolute atomic E-state index is 0.000839. The van der Waals surface area contributed by atoms with E-state index in [0.29, 0.717) is 69.8 Å². The van der Waals surface area contributed by atoms with Crippen molar-refractivity contribution in [2.24, 2.45) is 5.92 Å². The molecule has 0 aromatic rings. The SMILES string of the molecule is C=C1C[C@@H]2O[C@@]3(C)[C@H](C[C@H]2O[C@@H]1C(C)=O)O[C@@H]1C[C@@H]2O[C@@H]4C[C@@H]5O[C@@H]6C[C@@H]7O[C@@H]8C[C@@H]9O[C@](C)(CCOS(=O)(=O)O)[C@@H](OS(=O)(=O)O)C[C@H]9O[C@H]8C[C@H]7O[C@H]6CC[C@@]5(C)O[C@@]4(C)C[C@H](C)[C@H]2O[C@H]1[C@H]3O. The first kappa shape index (κ1) is 50.8. The van der Waals surface area contributed by atoms with Gasteiger partial charge in [-0.15, -0.1) is 0 Å². The van der Waals surface area contributed by atoms with Gasteiger partial charge < -0.3 is 57.2 Å². The fourth-order valence-electron chi connectivity index (χ4n) is 14.5. The number of aliphatic hydroxyl groups is 1. The third-order valence-corrected chi connectivity index (χ3v) is 19.0. The van der Waals surface area contributed by atoms with Crippen LogP contribution in [0.1, 0.15) is 119 Å². The fraction of sp³-hybridized carbons (Fsp3) is 0.936. The van der Waals surface area contributed by atoms with E-state index in [2.05, 4.69) is 31.5 Å². The maximum Gasteiger partial charge on any atom is 0.397 e. The number of hydrogen-bond donors (Lipinski definition) is 3. The van der Waals surface area contributed by atoms with Crippen molar-refractivity contribution in [1.29, 1.82) is 0 Å². The van der Waals surface area contributed by atoms with E-state index in [1.54, 1.807) is 0 Å². The van der Waals surface area contributed by atoms with Gasteiger partial charge in [0.05, 0.1) is 121 Å². The molecule has 25 atom stereocenters. The highest BCUT2D eigenvalue weighted by atomic mass is 32.3. The monoisotopic (exact) mass is 1030 g/mol. The van der Waals surface area contributed by atoms with Crippen molar-refractivity contribution in [3.05, 3.63) is 12.2 Å². The van der Waals surface area contributed by atoms with E-state index >= 15 is 0 Å². The molecule has 0 amide bonds. The van der Waals surface area contributed by atoms with Gasteiger partial charge in [-0.25, -0.2) is 8.37 Å². The van der Waals surface area contributed by atoms with Gasteiger partial charge in [0, 0.05) is 51.4 Å². The van der Waals surface area contributed by atoms with Crippen LogP contribution in [0.4, 0.5) is 0 Å². The Balaban J connectivity index is 0.753. The highest BCUT2D eigenvalue weighted by molar-refractivity contribution is 7.81. The van der Waals surface area contributed by atoms with Gasteiger partial charge in [-0.3, -0.25) is 13.9 Å². The lowest BCUT2D eigenvalue weighted by Crippen LogP contribution is -2.73. The maximum atomic E-state index is 12.4. The van der Waals surface area contributed by atoms with Crippen LogP contribution in [0.2, 0.25) is 0 Å². The lowest BCUT2D eigenvalue weighted by atomic mass is 9.74. The minimum atomic E-state index is -4.94. The second kappa shape index (κ2) is 17.9. The Labute approximate surface area is 409 Å². The van der Waals surface area contributed by atoms with E-state index in [0.717, 1.165) is 0 Å². The number of aliphatic hydroxyl groups excluding tert-OH is 1. The summed E-state index contributed by atoms with van der Waals surface area (Å²) in [6.45, 7) is 14.9. The van der Waals surface area contributed by atoms with Crippen LogP contribution in [0.5, 0.6) is 0 Å². The molecule has 11 aliphatic heterocycles. The summed E-state index contributed by atoms with van der Waals surface area (Å²) in [6.07, 6.45) is -4.62. The predicted molar refractivity (Wildman–Crippen MR) is 238 cm³/mol. The van der Waals surface area contributed by atoms with Crippen LogP contribution >= 0.6 is 0 Å². The molecular formula is C47H70O21S2. The van der Waals surface area contributed by atoms with Crippen LogP contribution < -0.4 is 0 Å². The first-order valence-electron chi connectivity index (χ1n) is 25.2. The van der Waals surface area contributed by atoms with E-state index in [1.165, 1.54) is 13.8 Å². The molecule has 0 aromatic carbocycles. The summed E-state index contributed by atoms with van der Waals surface area (Å²) in [6, 6.07) is 0. The molecule has 11 rings (SSSR count). The van der Waals surface area contributed by atoms with Crippen LogP contribution in [0.3, 0.4) is 0 Å². The number of rotatable bonds is 7. The van der Waals surface area contributed by atoms with Crippen LogP contribution in [-0.2, 0) is 86.1 Å². The normalized spacial score (nSPS) is 54.3. The maximum absolute atomic E-state index is 12.4. The molecule has 11 aliphatic rings. The zero-order valence-corrected chi connectivity index (χ0v) is 42.2. The van der Waals surface area contributed by atoms with E-state index in [4.69, 9.17) is 60.8 Å². The second-order valence-electron chi connectivity index (χ2n) is 23.1. The number of carbonyl (C=O) groups is 1. The van der Waals surface area contributed by atoms with Gasteiger partial charge in [0.15, 0.2) is 5.78 Å². The van der Waals surface area contributed by atoms with Crippen LogP contribution in [0.25, 0.3) is 0 Å². The Kier molecular flexibility index (Phi) is 13.0. The first-order valence-corrected chi connectivity index (χ1v) is 27.9. The van der Waals surface area contributed by atoms with Gasteiger partial charge in [-0.2, -0.15) is 16.8 Å². The standard InChI is InChI=1S/C47H70O21S2/c1-21-12-32-31(63-40(21)23(3)48)18-39-47(7,66-32)43(49)42-35(62-39)16-34-41(64-42)22(2)20-46(6)37(61-34)19-36-45(5,68-46)9-8-24-25(60-36)13-27-26(57-24)14-28-29(58-27)15-33-30(59-28)17-38(67-70(53,54)55)44(4,65-33)10-11-56-69(50,51)52/h22,24-43,49H,1,8-20H2,2-7H3,(H,50,51,52)(H,53,54,55)/t22-,24-,25+,26+,27-,28-,29+,30+,31+,32-,33-,34-,35+,36-,37+,38-,39-,40-,41+,42+,43+,44+,45+,46-,47-/m0/s1. The number of hydrogen-bond acceptors (Lipinski definition) is 19. The lowest BCUT2D eigenvalue weighted by molar-refractivity contribution is -0.359. The number of carbonyl (C=O) groups excluding carboxylic acids is 1. The van der Waals surface area contributed by atoms with Crippen molar-refractivity contribution in [3.8, 4) is 0 Å². The molecular weight excluding hydrogens is 965 g/mol. The van der Waals surface area contributed by atoms with Gasteiger partial charge >= 0.3 is 20.8 Å². The van der Waals surface area contributed by atoms with Crippen molar-refractivity contribution in [3.63, 3.8) is 0 Å². The van der Waals surface area contributed by atoms with Crippen molar-refractivity contribution in [1.82, 2.24) is 0 Å². The average molecular weight is 1040 g/mol. The number of ether oxygens (including phenoxy) is 11. The summed E-state index contributed by atoms with van der Waals surface area (Å²) in [4.78, 5) is 12.4. The first-order chi connectivity index (χ1) is 32.8. The smallest absolute Gasteiger partial charge is 0.387 e. The number of ketones is 1. The fourth-order valence-corrected chi connectivity index (χ4v) is 15.4. The summed E-state index contributed by atoms with van der Waals surface area (Å²) >= 11 is 0. The predicted octanol–water partition coefficient (Wildman–Crippen LogP) is 2.82. The highest BCUT2D eigenvalue weighted by Crippen LogP contribution is 2.54. The van der Waals surface area contributed by atoms with Crippen molar-refractivity contribution >= 4 is 26.6 Å². The Hall–Kier alpha value is -1.33. The van der Waals surface area contributed by atoms with Gasteiger partial charge in [-0.05, 0) is 71.8 Å². The third kappa shape index (κ3) is 9.21. The zero-order valence-electron chi connectivity index (χ0n) is 40.5.